The summed E-state index contributed by atoms with van der Waals surface area (Å²) in [5.41, 5.74) is 1.84. The van der Waals surface area contributed by atoms with Gasteiger partial charge in [-0.15, -0.1) is 0 Å². The SMILES string of the molecule is CC(C)(C)OC(=O)NC(C(=O)N1CCC1)c1ccccc1-c1cccnc1. The molecule has 27 heavy (non-hydrogen) atoms. The fourth-order valence-corrected chi connectivity index (χ4v) is 2.95. The van der Waals surface area contributed by atoms with Gasteiger partial charge >= 0.3 is 6.09 Å². The van der Waals surface area contributed by atoms with Crippen molar-refractivity contribution in [2.75, 3.05) is 13.1 Å². The highest BCUT2D eigenvalue weighted by molar-refractivity contribution is 5.89. The van der Waals surface area contributed by atoms with Crippen LogP contribution in [0.2, 0.25) is 0 Å². The Hall–Kier alpha value is -2.89. The Morgan fingerprint density at radius 1 is 1.15 bits per heavy atom. The summed E-state index contributed by atoms with van der Waals surface area (Å²) >= 11 is 0. The number of hydrogen-bond acceptors (Lipinski definition) is 4. The molecule has 0 aliphatic carbocycles. The summed E-state index contributed by atoms with van der Waals surface area (Å²) in [6, 6.07) is 10.5. The summed E-state index contributed by atoms with van der Waals surface area (Å²) < 4.78 is 5.38. The number of amides is 2. The van der Waals surface area contributed by atoms with Crippen LogP contribution in [0.1, 0.15) is 38.8 Å². The maximum Gasteiger partial charge on any atom is 0.408 e. The zero-order valence-corrected chi connectivity index (χ0v) is 15.9. The van der Waals surface area contributed by atoms with Crippen molar-refractivity contribution < 1.29 is 14.3 Å². The quantitative estimate of drug-likeness (QED) is 0.897. The first-order valence-electron chi connectivity index (χ1n) is 9.13. The maximum atomic E-state index is 13.1. The molecule has 3 rings (SSSR count). The van der Waals surface area contributed by atoms with E-state index < -0.39 is 17.7 Å². The molecular weight excluding hydrogens is 342 g/mol. The van der Waals surface area contributed by atoms with Gasteiger partial charge in [-0.05, 0) is 44.4 Å². The van der Waals surface area contributed by atoms with E-state index in [0.29, 0.717) is 13.1 Å². The fraction of sp³-hybridized carbons (Fsp3) is 0.381. The van der Waals surface area contributed by atoms with Crippen molar-refractivity contribution in [3.8, 4) is 11.1 Å². The summed E-state index contributed by atoms with van der Waals surface area (Å²) in [6.07, 6.45) is 3.82. The summed E-state index contributed by atoms with van der Waals surface area (Å²) in [5, 5.41) is 2.78. The minimum atomic E-state index is -0.809. The van der Waals surface area contributed by atoms with E-state index >= 15 is 0 Å². The molecule has 1 aliphatic rings. The van der Waals surface area contributed by atoms with E-state index in [1.165, 1.54) is 0 Å². The van der Waals surface area contributed by atoms with E-state index in [1.807, 2.05) is 36.4 Å². The molecule has 6 nitrogen and oxygen atoms in total. The van der Waals surface area contributed by atoms with Gasteiger partial charge in [0.15, 0.2) is 0 Å². The maximum absolute atomic E-state index is 13.1. The number of aromatic nitrogens is 1. The lowest BCUT2D eigenvalue weighted by molar-refractivity contribution is -0.137. The average molecular weight is 367 g/mol. The molecule has 1 saturated heterocycles. The van der Waals surface area contributed by atoms with Gasteiger partial charge in [0.2, 0.25) is 5.91 Å². The Balaban J connectivity index is 1.96. The molecule has 2 aromatic rings. The summed E-state index contributed by atoms with van der Waals surface area (Å²) in [4.78, 5) is 31.4. The van der Waals surface area contributed by atoms with Crippen LogP contribution >= 0.6 is 0 Å². The van der Waals surface area contributed by atoms with Gasteiger partial charge in [-0.25, -0.2) is 4.79 Å². The van der Waals surface area contributed by atoms with Crippen LogP contribution in [0, 0.1) is 0 Å². The molecule has 1 aromatic heterocycles. The molecule has 1 aliphatic heterocycles. The van der Waals surface area contributed by atoms with Crippen LogP contribution in [0.3, 0.4) is 0 Å². The third kappa shape index (κ3) is 4.64. The number of rotatable bonds is 4. The number of likely N-dealkylation sites (tertiary alicyclic amines) is 1. The zero-order valence-electron chi connectivity index (χ0n) is 15.9. The first-order valence-corrected chi connectivity index (χ1v) is 9.13. The van der Waals surface area contributed by atoms with Crippen LogP contribution < -0.4 is 5.32 Å². The first kappa shape index (κ1) is 18.9. The highest BCUT2D eigenvalue weighted by atomic mass is 16.6. The molecule has 2 heterocycles. The number of pyridine rings is 1. The van der Waals surface area contributed by atoms with Crippen molar-refractivity contribution in [1.29, 1.82) is 0 Å². The van der Waals surface area contributed by atoms with E-state index in [-0.39, 0.29) is 5.91 Å². The van der Waals surface area contributed by atoms with E-state index in [1.54, 1.807) is 38.1 Å². The lowest BCUT2D eigenvalue weighted by Gasteiger charge is -2.35. The van der Waals surface area contributed by atoms with Crippen molar-refractivity contribution in [1.82, 2.24) is 15.2 Å². The van der Waals surface area contributed by atoms with Crippen LogP contribution in [0.5, 0.6) is 0 Å². The summed E-state index contributed by atoms with van der Waals surface area (Å²) in [7, 11) is 0. The Kier molecular flexibility index (Phi) is 5.44. The van der Waals surface area contributed by atoms with Gasteiger partial charge in [0.25, 0.3) is 0 Å². The Bertz CT molecular complexity index is 811. The normalized spacial score (nSPS) is 14.9. The Labute approximate surface area is 159 Å². The zero-order chi connectivity index (χ0) is 19.4. The predicted octanol–water partition coefficient (Wildman–Crippen LogP) is 3.55. The molecule has 1 unspecified atom stereocenters. The van der Waals surface area contributed by atoms with Crippen LogP contribution in [0.25, 0.3) is 11.1 Å². The molecule has 6 heteroatoms. The number of nitrogens with zero attached hydrogens (tertiary/aromatic N) is 2. The third-order valence-electron chi connectivity index (χ3n) is 4.32. The van der Waals surface area contributed by atoms with Gasteiger partial charge < -0.3 is 15.0 Å². The molecule has 1 atom stereocenters. The van der Waals surface area contributed by atoms with Crippen LogP contribution in [-0.2, 0) is 9.53 Å². The Morgan fingerprint density at radius 3 is 2.48 bits per heavy atom. The molecular formula is C21H25N3O3. The number of alkyl carbamates (subject to hydrolysis) is 1. The minimum absolute atomic E-state index is 0.122. The minimum Gasteiger partial charge on any atom is -0.444 e. The first-order chi connectivity index (χ1) is 12.8. The molecule has 0 saturated carbocycles. The summed E-state index contributed by atoms with van der Waals surface area (Å²) in [5.74, 6) is -0.122. The molecule has 0 bridgehead atoms. The second-order valence-corrected chi connectivity index (χ2v) is 7.59. The van der Waals surface area contributed by atoms with E-state index in [9.17, 15) is 9.59 Å². The van der Waals surface area contributed by atoms with Crippen LogP contribution in [0.4, 0.5) is 4.79 Å². The van der Waals surface area contributed by atoms with E-state index in [2.05, 4.69) is 10.3 Å². The number of hydrogen-bond donors (Lipinski definition) is 1. The van der Waals surface area contributed by atoms with Gasteiger partial charge in [-0.1, -0.05) is 30.3 Å². The highest BCUT2D eigenvalue weighted by Crippen LogP contribution is 2.30. The van der Waals surface area contributed by atoms with E-state index in [4.69, 9.17) is 4.74 Å². The second kappa shape index (κ2) is 7.78. The average Bonchev–Trinajstić information content (AvgIpc) is 2.57. The van der Waals surface area contributed by atoms with Crippen molar-refractivity contribution in [3.63, 3.8) is 0 Å². The molecule has 1 fully saturated rings. The van der Waals surface area contributed by atoms with Crippen LogP contribution in [0.15, 0.2) is 48.8 Å². The molecule has 142 valence electrons. The number of benzene rings is 1. The third-order valence-corrected chi connectivity index (χ3v) is 4.32. The van der Waals surface area contributed by atoms with Crippen LogP contribution in [-0.4, -0.2) is 40.6 Å². The van der Waals surface area contributed by atoms with E-state index in [0.717, 1.165) is 23.1 Å². The number of ether oxygens (including phenoxy) is 1. The van der Waals surface area contributed by atoms with Crippen molar-refractivity contribution in [2.45, 2.75) is 38.8 Å². The molecule has 0 spiro atoms. The monoisotopic (exact) mass is 367 g/mol. The van der Waals surface area contributed by atoms with Gasteiger partial charge in [-0.3, -0.25) is 9.78 Å². The number of carbonyl (C=O) groups excluding carboxylic acids is 2. The molecule has 1 aromatic carbocycles. The van der Waals surface area contributed by atoms with Gasteiger partial charge in [-0.2, -0.15) is 0 Å². The van der Waals surface area contributed by atoms with Gasteiger partial charge in [0.1, 0.15) is 11.6 Å². The molecule has 1 N–H and O–H groups in total. The second-order valence-electron chi connectivity index (χ2n) is 7.59. The number of carbonyl (C=O) groups is 2. The molecule has 2 amide bonds. The largest absolute Gasteiger partial charge is 0.444 e. The van der Waals surface area contributed by atoms with Crippen molar-refractivity contribution >= 4 is 12.0 Å². The Morgan fingerprint density at radius 2 is 1.89 bits per heavy atom. The standard InChI is InChI=1S/C21H25N3O3/c1-21(2,3)27-20(26)23-18(19(25)24-12-7-13-24)17-10-5-4-9-16(17)15-8-6-11-22-14-15/h4-6,8-11,14,18H,7,12-13H2,1-3H3,(H,23,26). The topological polar surface area (TPSA) is 71.5 Å². The fourth-order valence-electron chi connectivity index (χ4n) is 2.95. The predicted molar refractivity (Wildman–Crippen MR) is 103 cm³/mol. The molecule has 0 radical (unpaired) electrons. The lowest BCUT2D eigenvalue weighted by Crippen LogP contribution is -2.49. The summed E-state index contributed by atoms with van der Waals surface area (Å²) in [6.45, 7) is 6.80. The number of nitrogens with one attached hydrogen (secondary N) is 1. The van der Waals surface area contributed by atoms with Crippen molar-refractivity contribution in [2.24, 2.45) is 0 Å². The van der Waals surface area contributed by atoms with Gasteiger partial charge in [0.05, 0.1) is 0 Å². The highest BCUT2D eigenvalue weighted by Gasteiger charge is 2.33. The smallest absolute Gasteiger partial charge is 0.408 e. The lowest BCUT2D eigenvalue weighted by atomic mass is 9.94. The van der Waals surface area contributed by atoms with Gasteiger partial charge in [0, 0.05) is 31.0 Å². The van der Waals surface area contributed by atoms with Crippen molar-refractivity contribution in [3.05, 3.63) is 54.4 Å².